The zero-order chi connectivity index (χ0) is 44.3. The molecule has 0 aromatic heterocycles. The molecule has 10 nitrogen and oxygen atoms in total. The smallest absolute Gasteiger partial charge is 0.861 e. The topological polar surface area (TPSA) is 158 Å². The number of carbonyl (C=O) groups is 3. The first-order valence-electron chi connectivity index (χ1n) is 21.4. The fourth-order valence-corrected chi connectivity index (χ4v) is 9.97. The molecule has 1 heterocycles. The number of rotatable bonds is 14. The summed E-state index contributed by atoms with van der Waals surface area (Å²) in [6.07, 6.45) is 7.47. The maximum absolute atomic E-state index is 13.7. The van der Waals surface area contributed by atoms with Crippen LogP contribution in [0.5, 0.6) is 0 Å². The minimum absolute atomic E-state index is 0. The van der Waals surface area contributed by atoms with Crippen LogP contribution >= 0.6 is 31.9 Å². The molecule has 2 aliphatic carbocycles. The molecule has 0 spiro atoms. The van der Waals surface area contributed by atoms with Gasteiger partial charge in [0, 0.05) is 44.5 Å². The fourth-order valence-electron chi connectivity index (χ4n) is 9.21. The third-order valence-corrected chi connectivity index (χ3v) is 13.1. The summed E-state index contributed by atoms with van der Waals surface area (Å²) in [4.78, 5) is 46.4. The van der Waals surface area contributed by atoms with Crippen LogP contribution in [0.1, 0.15) is 89.3 Å². The number of para-hydroxylation sites is 1. The van der Waals surface area contributed by atoms with Gasteiger partial charge in [0.15, 0.2) is 0 Å². The number of likely N-dealkylation sites (tertiary alicyclic amines) is 1. The van der Waals surface area contributed by atoms with Crippen LogP contribution in [0.3, 0.4) is 0 Å². The minimum atomic E-state index is -1.22. The van der Waals surface area contributed by atoms with Gasteiger partial charge in [-0.2, -0.15) is 0 Å². The minimum Gasteiger partial charge on any atom is -0.861 e. The second kappa shape index (κ2) is 23.5. The zero-order valence-electron chi connectivity index (χ0n) is 35.1. The molecule has 5 aromatic rings. The van der Waals surface area contributed by atoms with Crippen molar-refractivity contribution in [2.45, 2.75) is 87.9 Å². The molecule has 0 saturated carbocycles. The molecular formula is C50H48BBr2N4NiO6. The Bertz CT molecular complexity index is 2460. The molecule has 1 saturated heterocycles. The van der Waals surface area contributed by atoms with Crippen molar-refractivity contribution in [3.05, 3.63) is 169 Å². The quantitative estimate of drug-likeness (QED) is 0.0508. The Labute approximate surface area is 402 Å². The van der Waals surface area contributed by atoms with Crippen LogP contribution in [0.2, 0.25) is 0 Å². The molecule has 5 atom stereocenters. The van der Waals surface area contributed by atoms with Gasteiger partial charge in [-0.1, -0.05) is 123 Å². The number of fused-ring (bicyclic) bond motifs is 2. The number of nitrogens with one attached hydrogen (secondary N) is 1. The molecule has 331 valence electrons. The van der Waals surface area contributed by atoms with E-state index in [0.29, 0.717) is 36.1 Å². The number of carbonyl (C=O) groups excluding carboxylic acids is 2. The van der Waals surface area contributed by atoms with Crippen molar-refractivity contribution in [3.63, 3.8) is 0 Å². The number of aliphatic carboxylic acids is 2. The van der Waals surface area contributed by atoms with E-state index in [1.807, 2.05) is 103 Å². The molecule has 1 radical (unpaired) electrons. The fraction of sp³-hybridized carbons (Fsp3) is 0.300. The van der Waals surface area contributed by atoms with E-state index in [1.54, 1.807) is 0 Å². The Morgan fingerprint density at radius 1 is 0.797 bits per heavy atom. The predicted octanol–water partition coefficient (Wildman–Crippen LogP) is 7.30. The van der Waals surface area contributed by atoms with Crippen LogP contribution in [0.15, 0.2) is 140 Å². The first kappa shape index (κ1) is 48.7. The van der Waals surface area contributed by atoms with E-state index >= 15 is 0 Å². The largest absolute Gasteiger partial charge is 2.00 e. The SMILES string of the molecule is O=C([O-])[C@@H](N=C(c1ccccc1)c1ccccc1N=C([O-])[C@@H]1CCCN1Cc1ccccc1)[C@@H]1CCCc2ccc(Br)cc21.O=C[B]N[C@H](C(=O)O)[C@@H]1CCCc2ccc(Br)cc21.[Ni+2]. The van der Waals surface area contributed by atoms with Gasteiger partial charge >= 0.3 is 22.5 Å². The van der Waals surface area contributed by atoms with E-state index in [0.717, 1.165) is 95.7 Å². The molecule has 0 amide bonds. The summed E-state index contributed by atoms with van der Waals surface area (Å²) in [5.41, 5.74) is 7.89. The average Bonchev–Trinajstić information content (AvgIpc) is 3.76. The molecule has 64 heavy (non-hydrogen) atoms. The van der Waals surface area contributed by atoms with Crippen LogP contribution in [-0.4, -0.2) is 71.8 Å². The standard InChI is InChI=1S/C37H36BrN3O3.C13H14BBrNO3.Ni/c38-28-21-20-26-15-9-17-29(31(26)23-28)35(37(43)44)40-34(27-13-5-2-6-14-27)30-16-7-8-18-32(30)39-36(42)33-19-10-22-41(33)24-25-11-3-1-4-12-25;15-9-5-4-8-2-1-3-10(11(8)6-9)12(13(18)19)16-14-7-17;/h1-8,11-14,16,18,20-21,23,29,33,35H,9-10,15,17,19,22,24H2,(H,39,42)(H,43,44);4-7,10,12,16H,1-3H2,(H,18,19);/q;;+2/p-2/t29-,33+,35+;10-,12+;/m11./s1. The summed E-state index contributed by atoms with van der Waals surface area (Å²) >= 11 is 6.99. The molecule has 1 aliphatic heterocycles. The van der Waals surface area contributed by atoms with Crippen molar-refractivity contribution in [1.29, 1.82) is 0 Å². The van der Waals surface area contributed by atoms with Crippen molar-refractivity contribution < 1.29 is 46.2 Å². The van der Waals surface area contributed by atoms with Gasteiger partial charge in [0.25, 0.3) is 7.41 Å². The number of hydrogen-bond donors (Lipinski definition) is 2. The van der Waals surface area contributed by atoms with E-state index in [9.17, 15) is 29.7 Å². The van der Waals surface area contributed by atoms with Gasteiger partial charge in [-0.3, -0.25) is 19.7 Å². The number of aryl methyl sites for hydroxylation is 2. The van der Waals surface area contributed by atoms with E-state index in [2.05, 4.69) is 65.2 Å². The molecule has 8 rings (SSSR count). The van der Waals surface area contributed by atoms with Gasteiger partial charge in [0.05, 0.1) is 29.6 Å². The van der Waals surface area contributed by atoms with E-state index in [1.165, 1.54) is 5.56 Å². The molecule has 0 bridgehead atoms. The Kier molecular flexibility index (Phi) is 17.9. The molecule has 0 unspecified atom stereocenters. The monoisotopic (exact) mass is 1030 g/mol. The van der Waals surface area contributed by atoms with Gasteiger partial charge in [-0.25, -0.2) is 0 Å². The first-order valence-corrected chi connectivity index (χ1v) is 23.0. The average molecular weight is 1030 g/mol. The number of hydrogen-bond acceptors (Lipinski definition) is 9. The van der Waals surface area contributed by atoms with Crippen LogP contribution in [0.4, 0.5) is 5.69 Å². The van der Waals surface area contributed by atoms with Gasteiger partial charge in [-0.05, 0) is 122 Å². The first-order chi connectivity index (χ1) is 30.6. The number of halogens is 2. The van der Waals surface area contributed by atoms with Gasteiger partial charge in [-0.15, -0.1) is 0 Å². The number of nitrogens with zero attached hydrogens (tertiary/aromatic N) is 3. The Hall–Kier alpha value is -4.71. The zero-order valence-corrected chi connectivity index (χ0v) is 39.2. The molecule has 3 aliphatic rings. The van der Waals surface area contributed by atoms with E-state index < -0.39 is 24.0 Å². The van der Waals surface area contributed by atoms with E-state index in [4.69, 9.17) is 4.99 Å². The van der Waals surface area contributed by atoms with Crippen LogP contribution in [0, 0.1) is 0 Å². The Balaban J connectivity index is 0.000000285. The number of benzene rings is 5. The summed E-state index contributed by atoms with van der Waals surface area (Å²) in [5.74, 6) is -2.80. The second-order valence-corrected chi connectivity index (χ2v) is 18.0. The normalized spacial score (nSPS) is 19.4. The van der Waals surface area contributed by atoms with Crippen LogP contribution in [-0.2, 0) is 50.3 Å². The molecule has 2 N–H and O–H groups in total. The second-order valence-electron chi connectivity index (χ2n) is 16.2. The van der Waals surface area contributed by atoms with Crippen molar-refractivity contribution in [2.75, 3.05) is 6.54 Å². The maximum atomic E-state index is 13.7. The molecule has 14 heteroatoms. The van der Waals surface area contributed by atoms with Crippen molar-refractivity contribution in [3.8, 4) is 0 Å². The van der Waals surface area contributed by atoms with Gasteiger partial charge in [0.2, 0.25) is 0 Å². The van der Waals surface area contributed by atoms with E-state index in [-0.39, 0.29) is 40.3 Å². The summed E-state index contributed by atoms with van der Waals surface area (Å²) in [6.45, 7) is 1.53. The van der Waals surface area contributed by atoms with Crippen molar-refractivity contribution in [1.82, 2.24) is 10.1 Å². The maximum Gasteiger partial charge on any atom is 2.00 e. The number of carboxylic acid groups (broad SMARTS) is 2. The van der Waals surface area contributed by atoms with Gasteiger partial charge < -0.3 is 30.1 Å². The number of aliphatic imine (C=N–C) groups is 2. The van der Waals surface area contributed by atoms with Gasteiger partial charge in [0.1, 0.15) is 6.04 Å². The summed E-state index contributed by atoms with van der Waals surface area (Å²) in [5, 5.41) is 38.5. The summed E-state index contributed by atoms with van der Waals surface area (Å²) < 4.78 is 1.85. The molecule has 1 fully saturated rings. The van der Waals surface area contributed by atoms with Crippen molar-refractivity contribution in [2.24, 2.45) is 9.98 Å². The molecule has 5 aromatic carbocycles. The summed E-state index contributed by atoms with van der Waals surface area (Å²) in [6, 6.07) is 37.0. The summed E-state index contributed by atoms with van der Waals surface area (Å²) in [7, 11) is 1.16. The van der Waals surface area contributed by atoms with Crippen LogP contribution < -0.4 is 15.4 Å². The molecular weight excluding hydrogens is 982 g/mol. The predicted molar refractivity (Wildman–Crippen MR) is 251 cm³/mol. The third kappa shape index (κ3) is 12.1. The number of carboxylic acids is 2. The third-order valence-electron chi connectivity index (χ3n) is 12.2. The van der Waals surface area contributed by atoms with Crippen molar-refractivity contribution >= 4 is 74.7 Å². The Morgan fingerprint density at radius 2 is 1.39 bits per heavy atom. The Morgan fingerprint density at radius 3 is 2.02 bits per heavy atom. The van der Waals surface area contributed by atoms with Crippen LogP contribution in [0.25, 0.3) is 0 Å².